The SMILES string of the molecule is Cc1cccc2c(CC(=O)NS(=O)(=O)N(C)C(C)C)c[nH]c12. The van der Waals surface area contributed by atoms with E-state index in [0.29, 0.717) is 0 Å². The van der Waals surface area contributed by atoms with Crippen LogP contribution in [-0.4, -0.2) is 36.7 Å². The molecule has 1 amide bonds. The van der Waals surface area contributed by atoms with Gasteiger partial charge >= 0.3 is 10.2 Å². The van der Waals surface area contributed by atoms with E-state index in [-0.39, 0.29) is 12.5 Å². The highest BCUT2D eigenvalue weighted by molar-refractivity contribution is 7.87. The van der Waals surface area contributed by atoms with E-state index in [2.05, 4.69) is 9.71 Å². The lowest BCUT2D eigenvalue weighted by Crippen LogP contribution is -2.44. The van der Waals surface area contributed by atoms with Gasteiger partial charge in [-0.3, -0.25) is 4.79 Å². The fraction of sp³-hybridized carbons (Fsp3) is 0.400. The largest absolute Gasteiger partial charge is 0.361 e. The maximum Gasteiger partial charge on any atom is 0.303 e. The molecule has 0 atom stereocenters. The van der Waals surface area contributed by atoms with Crippen LogP contribution in [0.1, 0.15) is 25.0 Å². The molecule has 0 bridgehead atoms. The highest BCUT2D eigenvalue weighted by atomic mass is 32.2. The fourth-order valence-corrected chi connectivity index (χ4v) is 3.27. The molecule has 0 aliphatic carbocycles. The number of amides is 1. The molecular formula is C15H21N3O3S. The minimum absolute atomic E-state index is 0.00855. The van der Waals surface area contributed by atoms with Crippen molar-refractivity contribution in [3.63, 3.8) is 0 Å². The number of aromatic amines is 1. The average Bonchev–Trinajstić information content (AvgIpc) is 2.81. The van der Waals surface area contributed by atoms with Crippen molar-refractivity contribution in [3.8, 4) is 0 Å². The van der Waals surface area contributed by atoms with Crippen molar-refractivity contribution in [1.82, 2.24) is 14.0 Å². The van der Waals surface area contributed by atoms with Gasteiger partial charge in [0, 0.05) is 30.2 Å². The van der Waals surface area contributed by atoms with E-state index in [9.17, 15) is 13.2 Å². The zero-order valence-corrected chi connectivity index (χ0v) is 14.0. The van der Waals surface area contributed by atoms with Gasteiger partial charge in [0.05, 0.1) is 6.42 Å². The maximum atomic E-state index is 12.1. The topological polar surface area (TPSA) is 82.3 Å². The number of rotatable bonds is 5. The number of hydrogen-bond donors (Lipinski definition) is 2. The van der Waals surface area contributed by atoms with Crippen molar-refractivity contribution in [2.45, 2.75) is 33.2 Å². The first-order valence-electron chi connectivity index (χ1n) is 7.06. The van der Waals surface area contributed by atoms with E-state index in [4.69, 9.17) is 0 Å². The van der Waals surface area contributed by atoms with Gasteiger partial charge in [-0.2, -0.15) is 12.7 Å². The Labute approximate surface area is 130 Å². The second-order valence-corrected chi connectivity index (χ2v) is 7.36. The Bertz CT molecular complexity index is 793. The molecule has 0 fully saturated rings. The summed E-state index contributed by atoms with van der Waals surface area (Å²) in [4.78, 5) is 15.2. The first-order chi connectivity index (χ1) is 10.2. The summed E-state index contributed by atoms with van der Waals surface area (Å²) in [6.07, 6.45) is 1.75. The summed E-state index contributed by atoms with van der Waals surface area (Å²) in [5.74, 6) is -0.546. The van der Waals surface area contributed by atoms with Crippen LogP contribution in [0.25, 0.3) is 10.9 Å². The van der Waals surface area contributed by atoms with Crippen LogP contribution in [0.4, 0.5) is 0 Å². The van der Waals surface area contributed by atoms with Crippen LogP contribution in [0, 0.1) is 6.92 Å². The van der Waals surface area contributed by atoms with Gasteiger partial charge in [0.1, 0.15) is 0 Å². The molecule has 1 aromatic carbocycles. The van der Waals surface area contributed by atoms with Gasteiger partial charge in [-0.25, -0.2) is 4.72 Å². The molecule has 2 N–H and O–H groups in total. The Kier molecular flexibility index (Phi) is 4.58. The number of fused-ring (bicyclic) bond motifs is 1. The van der Waals surface area contributed by atoms with Gasteiger partial charge in [0.2, 0.25) is 5.91 Å². The Balaban J connectivity index is 2.17. The molecule has 0 aliphatic heterocycles. The smallest absolute Gasteiger partial charge is 0.303 e. The third-order valence-electron chi connectivity index (χ3n) is 3.71. The number of benzene rings is 1. The van der Waals surface area contributed by atoms with E-state index in [1.807, 2.05) is 25.1 Å². The van der Waals surface area contributed by atoms with Crippen LogP contribution in [0.5, 0.6) is 0 Å². The van der Waals surface area contributed by atoms with Crippen LogP contribution in [0.2, 0.25) is 0 Å². The quantitative estimate of drug-likeness (QED) is 0.879. The molecule has 7 heteroatoms. The molecule has 2 rings (SSSR count). The first-order valence-corrected chi connectivity index (χ1v) is 8.50. The molecule has 0 aliphatic rings. The number of aromatic nitrogens is 1. The predicted octanol–water partition coefficient (Wildman–Crippen LogP) is 1.72. The van der Waals surface area contributed by atoms with Crippen molar-refractivity contribution in [1.29, 1.82) is 0 Å². The second-order valence-electron chi connectivity index (χ2n) is 5.63. The molecule has 2 aromatic rings. The third-order valence-corrected chi connectivity index (χ3v) is 5.38. The van der Waals surface area contributed by atoms with Crippen LogP contribution in [0.15, 0.2) is 24.4 Å². The molecule has 1 aromatic heterocycles. The Morgan fingerprint density at radius 3 is 2.68 bits per heavy atom. The number of carbonyl (C=O) groups excluding carboxylic acids is 1. The molecular weight excluding hydrogens is 302 g/mol. The minimum Gasteiger partial charge on any atom is -0.361 e. The monoisotopic (exact) mass is 323 g/mol. The number of para-hydroxylation sites is 1. The molecule has 120 valence electrons. The van der Waals surface area contributed by atoms with Crippen LogP contribution >= 0.6 is 0 Å². The number of carbonyl (C=O) groups is 1. The van der Waals surface area contributed by atoms with Crippen molar-refractivity contribution in [2.24, 2.45) is 0 Å². The Hall–Kier alpha value is -1.86. The molecule has 0 saturated carbocycles. The zero-order chi connectivity index (χ0) is 16.5. The zero-order valence-electron chi connectivity index (χ0n) is 13.2. The van der Waals surface area contributed by atoms with Gasteiger partial charge in [-0.1, -0.05) is 18.2 Å². The van der Waals surface area contributed by atoms with Gasteiger partial charge in [0.15, 0.2) is 0 Å². The second kappa shape index (κ2) is 6.10. The van der Waals surface area contributed by atoms with E-state index in [0.717, 1.165) is 26.3 Å². The van der Waals surface area contributed by atoms with Gasteiger partial charge < -0.3 is 4.98 Å². The van der Waals surface area contributed by atoms with E-state index < -0.39 is 16.1 Å². The maximum absolute atomic E-state index is 12.1. The summed E-state index contributed by atoms with van der Waals surface area (Å²) in [7, 11) is -2.36. The summed E-state index contributed by atoms with van der Waals surface area (Å²) >= 11 is 0. The summed E-state index contributed by atoms with van der Waals surface area (Å²) in [6, 6.07) is 5.58. The van der Waals surface area contributed by atoms with Crippen LogP contribution < -0.4 is 4.72 Å². The normalized spacial score (nSPS) is 12.3. The highest BCUT2D eigenvalue weighted by Gasteiger charge is 2.23. The average molecular weight is 323 g/mol. The van der Waals surface area contributed by atoms with Gasteiger partial charge in [-0.05, 0) is 31.9 Å². The molecule has 0 radical (unpaired) electrons. The van der Waals surface area contributed by atoms with Gasteiger partial charge in [0.25, 0.3) is 0 Å². The van der Waals surface area contributed by atoms with Crippen LogP contribution in [0.3, 0.4) is 0 Å². The number of H-pyrrole nitrogens is 1. The molecule has 1 heterocycles. The van der Waals surface area contributed by atoms with Crippen molar-refractivity contribution >= 4 is 27.0 Å². The van der Waals surface area contributed by atoms with Crippen molar-refractivity contribution < 1.29 is 13.2 Å². The molecule has 22 heavy (non-hydrogen) atoms. The molecule has 0 saturated heterocycles. The standard InChI is InChI=1S/C15H21N3O3S/c1-10(2)18(4)22(20,21)17-14(19)8-12-9-16-15-11(3)6-5-7-13(12)15/h5-7,9-10,16H,8H2,1-4H3,(H,17,19). The summed E-state index contributed by atoms with van der Waals surface area (Å²) in [6.45, 7) is 5.46. The first kappa shape index (κ1) is 16.5. The number of aryl methyl sites for hydroxylation is 1. The Morgan fingerprint density at radius 1 is 1.36 bits per heavy atom. The van der Waals surface area contributed by atoms with Gasteiger partial charge in [-0.15, -0.1) is 0 Å². The number of nitrogens with zero attached hydrogens (tertiary/aromatic N) is 1. The number of hydrogen-bond acceptors (Lipinski definition) is 3. The number of nitrogens with one attached hydrogen (secondary N) is 2. The predicted molar refractivity (Wildman–Crippen MR) is 86.7 cm³/mol. The Morgan fingerprint density at radius 2 is 2.05 bits per heavy atom. The van der Waals surface area contributed by atoms with Crippen LogP contribution in [-0.2, 0) is 21.4 Å². The summed E-state index contributed by atoms with van der Waals surface area (Å²) in [5.41, 5.74) is 2.82. The molecule has 6 nitrogen and oxygen atoms in total. The summed E-state index contributed by atoms with van der Waals surface area (Å²) < 4.78 is 27.3. The third kappa shape index (κ3) is 3.31. The molecule has 0 unspecified atom stereocenters. The lowest BCUT2D eigenvalue weighted by molar-refractivity contribution is -0.118. The lowest BCUT2D eigenvalue weighted by Gasteiger charge is -2.20. The van der Waals surface area contributed by atoms with Crippen molar-refractivity contribution in [2.75, 3.05) is 7.05 Å². The summed E-state index contributed by atoms with van der Waals surface area (Å²) in [5, 5.41) is 0.935. The van der Waals surface area contributed by atoms with E-state index in [1.165, 1.54) is 7.05 Å². The minimum atomic E-state index is -3.80. The van der Waals surface area contributed by atoms with E-state index in [1.54, 1.807) is 20.0 Å². The lowest BCUT2D eigenvalue weighted by atomic mass is 10.1. The van der Waals surface area contributed by atoms with E-state index >= 15 is 0 Å². The highest BCUT2D eigenvalue weighted by Crippen LogP contribution is 2.21. The fourth-order valence-electron chi connectivity index (χ4n) is 2.21. The molecule has 0 spiro atoms. The van der Waals surface area contributed by atoms with Crippen molar-refractivity contribution in [3.05, 3.63) is 35.5 Å².